The Morgan fingerprint density at radius 3 is 2.47 bits per heavy atom. The second-order valence-corrected chi connectivity index (χ2v) is 5.48. The molecule has 0 bridgehead atoms. The summed E-state index contributed by atoms with van der Waals surface area (Å²) in [6.07, 6.45) is 1.41. The summed E-state index contributed by atoms with van der Waals surface area (Å²) in [6.45, 7) is 8.89. The molecule has 1 heterocycles. The molecule has 4 heteroatoms. The van der Waals surface area contributed by atoms with Crippen LogP contribution in [0.3, 0.4) is 0 Å². The van der Waals surface area contributed by atoms with Crippen molar-refractivity contribution in [2.75, 3.05) is 0 Å². The molecule has 0 radical (unpaired) electrons. The lowest BCUT2D eigenvalue weighted by molar-refractivity contribution is 0.0695. The molecule has 0 spiro atoms. The van der Waals surface area contributed by atoms with Crippen molar-refractivity contribution >= 4 is 5.97 Å². The van der Waals surface area contributed by atoms with Crippen LogP contribution in [-0.2, 0) is 6.54 Å². The number of carbonyl (C=O) groups is 1. The average Bonchev–Trinajstić information content (AvgIpc) is 2.19. The van der Waals surface area contributed by atoms with Crippen LogP contribution in [0.15, 0.2) is 23.1 Å². The predicted molar refractivity (Wildman–Crippen MR) is 66.3 cm³/mol. The van der Waals surface area contributed by atoms with Crippen LogP contribution in [0.1, 0.15) is 38.1 Å². The Morgan fingerprint density at radius 2 is 2.00 bits per heavy atom. The number of carboxylic acid groups (broad SMARTS) is 1. The van der Waals surface area contributed by atoms with Gasteiger partial charge in [-0.1, -0.05) is 27.7 Å². The number of rotatable bonds is 3. The van der Waals surface area contributed by atoms with Crippen LogP contribution < -0.4 is 5.56 Å². The number of nitrogens with zero attached hydrogens (tertiary/aromatic N) is 1. The summed E-state index contributed by atoms with van der Waals surface area (Å²) in [5, 5.41) is 8.88. The fourth-order valence-electron chi connectivity index (χ4n) is 1.37. The highest BCUT2D eigenvalue weighted by Crippen LogP contribution is 2.26. The van der Waals surface area contributed by atoms with Crippen LogP contribution in [0.4, 0.5) is 0 Å². The smallest absolute Gasteiger partial charge is 0.337 e. The fraction of sp³-hybridized carbons (Fsp3) is 0.538. The van der Waals surface area contributed by atoms with Crippen molar-refractivity contribution in [2.45, 2.75) is 34.2 Å². The molecule has 1 aromatic heterocycles. The largest absolute Gasteiger partial charge is 0.478 e. The van der Waals surface area contributed by atoms with Crippen molar-refractivity contribution in [3.63, 3.8) is 0 Å². The molecule has 0 saturated heterocycles. The Balaban J connectivity index is 3.02. The first-order valence-corrected chi connectivity index (χ1v) is 5.65. The van der Waals surface area contributed by atoms with Crippen molar-refractivity contribution in [3.8, 4) is 0 Å². The quantitative estimate of drug-likeness (QED) is 0.877. The van der Waals surface area contributed by atoms with Gasteiger partial charge in [-0.2, -0.15) is 0 Å². The van der Waals surface area contributed by atoms with Crippen LogP contribution in [-0.4, -0.2) is 15.6 Å². The van der Waals surface area contributed by atoms with Gasteiger partial charge in [0.25, 0.3) is 5.56 Å². The Hall–Kier alpha value is -1.58. The number of carboxylic acids is 1. The number of pyridine rings is 1. The molecule has 1 N–H and O–H groups in total. The summed E-state index contributed by atoms with van der Waals surface area (Å²) < 4.78 is 1.47. The van der Waals surface area contributed by atoms with E-state index >= 15 is 0 Å². The molecule has 0 saturated carbocycles. The molecule has 1 rings (SSSR count). The van der Waals surface area contributed by atoms with Crippen LogP contribution in [0.2, 0.25) is 0 Å². The first kappa shape index (κ1) is 13.5. The average molecular weight is 237 g/mol. The SMILES string of the molecule is CC(Cn1cc(C(=O)O)ccc1=O)C(C)(C)C. The van der Waals surface area contributed by atoms with Crippen LogP contribution >= 0.6 is 0 Å². The summed E-state index contributed by atoms with van der Waals surface area (Å²) in [6, 6.07) is 2.64. The van der Waals surface area contributed by atoms with E-state index in [9.17, 15) is 9.59 Å². The van der Waals surface area contributed by atoms with Gasteiger partial charge in [0.2, 0.25) is 0 Å². The highest BCUT2D eigenvalue weighted by molar-refractivity contribution is 5.87. The Morgan fingerprint density at radius 1 is 1.41 bits per heavy atom. The molecular formula is C13H19NO3. The number of hydrogen-bond acceptors (Lipinski definition) is 2. The van der Waals surface area contributed by atoms with Gasteiger partial charge in [-0.3, -0.25) is 4.79 Å². The zero-order chi connectivity index (χ0) is 13.2. The van der Waals surface area contributed by atoms with Crippen molar-refractivity contribution in [1.82, 2.24) is 4.57 Å². The molecule has 0 aliphatic rings. The van der Waals surface area contributed by atoms with Gasteiger partial charge in [-0.15, -0.1) is 0 Å². The predicted octanol–water partition coefficient (Wildman–Crippen LogP) is 2.23. The van der Waals surface area contributed by atoms with Crippen LogP contribution in [0.25, 0.3) is 0 Å². The summed E-state index contributed by atoms with van der Waals surface area (Å²) in [7, 11) is 0. The first-order chi connectivity index (χ1) is 7.71. The molecule has 0 aliphatic carbocycles. The normalized spacial score (nSPS) is 13.4. The minimum Gasteiger partial charge on any atom is -0.478 e. The first-order valence-electron chi connectivity index (χ1n) is 5.65. The molecule has 4 nitrogen and oxygen atoms in total. The summed E-state index contributed by atoms with van der Waals surface area (Å²) in [5.74, 6) is -0.730. The van der Waals surface area contributed by atoms with Gasteiger partial charge in [0.05, 0.1) is 5.56 Å². The molecule has 17 heavy (non-hydrogen) atoms. The van der Waals surface area contributed by atoms with Gasteiger partial charge < -0.3 is 9.67 Å². The van der Waals surface area contributed by atoms with Crippen molar-refractivity contribution in [3.05, 3.63) is 34.2 Å². The minimum atomic E-state index is -1.01. The molecule has 1 atom stereocenters. The summed E-state index contributed by atoms with van der Waals surface area (Å²) in [4.78, 5) is 22.5. The second-order valence-electron chi connectivity index (χ2n) is 5.48. The monoisotopic (exact) mass is 237 g/mol. The van der Waals surface area contributed by atoms with Crippen molar-refractivity contribution in [1.29, 1.82) is 0 Å². The van der Waals surface area contributed by atoms with E-state index in [0.717, 1.165) is 0 Å². The lowest BCUT2D eigenvalue weighted by atomic mass is 9.82. The van der Waals surface area contributed by atoms with E-state index in [4.69, 9.17) is 5.11 Å². The van der Waals surface area contributed by atoms with Crippen molar-refractivity contribution in [2.24, 2.45) is 11.3 Å². The van der Waals surface area contributed by atoms with E-state index < -0.39 is 5.97 Å². The Bertz CT molecular complexity index is 468. The maximum Gasteiger partial charge on any atom is 0.337 e. The number of aromatic carboxylic acids is 1. The van der Waals surface area contributed by atoms with Gasteiger partial charge in [0.1, 0.15) is 0 Å². The summed E-state index contributed by atoms with van der Waals surface area (Å²) in [5.41, 5.74) is 0.0652. The lowest BCUT2D eigenvalue weighted by Gasteiger charge is -2.27. The molecule has 1 aromatic rings. The topological polar surface area (TPSA) is 59.3 Å². The molecular weight excluding hydrogens is 218 g/mol. The van der Waals surface area contributed by atoms with Gasteiger partial charge in [0, 0.05) is 18.8 Å². The molecule has 1 unspecified atom stereocenters. The third-order valence-corrected chi connectivity index (χ3v) is 3.18. The molecule has 0 amide bonds. The molecule has 94 valence electrons. The van der Waals surface area contributed by atoms with E-state index in [1.54, 1.807) is 0 Å². The molecule has 0 aliphatic heterocycles. The third kappa shape index (κ3) is 3.44. The second kappa shape index (κ2) is 4.73. The maximum atomic E-state index is 11.6. The lowest BCUT2D eigenvalue weighted by Crippen LogP contribution is -2.28. The van der Waals surface area contributed by atoms with E-state index in [-0.39, 0.29) is 22.5 Å². The maximum absolute atomic E-state index is 11.6. The van der Waals surface area contributed by atoms with Gasteiger partial charge in [-0.25, -0.2) is 4.79 Å². The van der Waals surface area contributed by atoms with E-state index in [1.807, 2.05) is 0 Å². The highest BCUT2D eigenvalue weighted by Gasteiger charge is 2.20. The number of aromatic nitrogens is 1. The van der Waals surface area contributed by atoms with E-state index in [0.29, 0.717) is 6.54 Å². The van der Waals surface area contributed by atoms with Gasteiger partial charge >= 0.3 is 5.97 Å². The molecule has 0 fully saturated rings. The molecule has 0 aromatic carbocycles. The standard InChI is InChI=1S/C13H19NO3/c1-9(13(2,3)4)7-14-8-10(12(16)17)5-6-11(14)15/h5-6,8-9H,7H2,1-4H3,(H,16,17). The van der Waals surface area contributed by atoms with Crippen LogP contribution in [0.5, 0.6) is 0 Å². The minimum absolute atomic E-state index is 0.0820. The van der Waals surface area contributed by atoms with Gasteiger partial charge in [0.15, 0.2) is 0 Å². The summed E-state index contributed by atoms with van der Waals surface area (Å²) >= 11 is 0. The number of hydrogen-bond donors (Lipinski definition) is 1. The van der Waals surface area contributed by atoms with E-state index in [1.165, 1.54) is 22.9 Å². The Labute approximate surface area is 101 Å². The zero-order valence-corrected chi connectivity index (χ0v) is 10.7. The fourth-order valence-corrected chi connectivity index (χ4v) is 1.37. The highest BCUT2D eigenvalue weighted by atomic mass is 16.4. The Kier molecular flexibility index (Phi) is 3.76. The van der Waals surface area contributed by atoms with E-state index in [2.05, 4.69) is 27.7 Å². The zero-order valence-electron chi connectivity index (χ0n) is 10.7. The van der Waals surface area contributed by atoms with Crippen molar-refractivity contribution < 1.29 is 9.90 Å². The van der Waals surface area contributed by atoms with Crippen LogP contribution in [0, 0.1) is 11.3 Å². The third-order valence-electron chi connectivity index (χ3n) is 3.18. The van der Waals surface area contributed by atoms with Gasteiger partial charge in [-0.05, 0) is 17.4 Å².